The molecule has 1 saturated heterocycles. The van der Waals surface area contributed by atoms with Gasteiger partial charge in [-0.1, -0.05) is 12.1 Å². The molecule has 0 spiro atoms. The van der Waals surface area contributed by atoms with Crippen LogP contribution in [0, 0.1) is 0 Å². The van der Waals surface area contributed by atoms with Crippen LogP contribution in [0.1, 0.15) is 24.4 Å². The predicted molar refractivity (Wildman–Crippen MR) is 75.6 cm³/mol. The van der Waals surface area contributed by atoms with E-state index in [0.717, 1.165) is 24.2 Å². The third-order valence-corrected chi connectivity index (χ3v) is 3.67. The first-order valence-corrected chi connectivity index (χ1v) is 7.10. The molecule has 22 heavy (non-hydrogen) atoms. The van der Waals surface area contributed by atoms with E-state index in [9.17, 15) is 18.0 Å². The van der Waals surface area contributed by atoms with Crippen LogP contribution in [0.2, 0.25) is 0 Å². The van der Waals surface area contributed by atoms with Gasteiger partial charge in [-0.05, 0) is 37.1 Å². The smallest absolute Gasteiger partial charge is 0.405 e. The van der Waals surface area contributed by atoms with Crippen LogP contribution in [0.25, 0.3) is 0 Å². The van der Waals surface area contributed by atoms with Gasteiger partial charge in [0, 0.05) is 6.04 Å². The number of hydrogen-bond acceptors (Lipinski definition) is 3. The number of nitrogens with one attached hydrogen (secondary N) is 1. The average molecular weight is 316 g/mol. The van der Waals surface area contributed by atoms with Crippen LogP contribution < -0.4 is 10.1 Å². The summed E-state index contributed by atoms with van der Waals surface area (Å²) in [6.07, 6.45) is -2.60. The van der Waals surface area contributed by atoms with E-state index in [1.165, 1.54) is 0 Å². The lowest BCUT2D eigenvalue weighted by Gasteiger charge is -2.24. The number of benzene rings is 1. The van der Waals surface area contributed by atoms with Gasteiger partial charge in [-0.25, -0.2) is 0 Å². The van der Waals surface area contributed by atoms with Crippen LogP contribution in [-0.4, -0.2) is 43.7 Å². The van der Waals surface area contributed by atoms with Gasteiger partial charge in [-0.3, -0.25) is 9.69 Å². The van der Waals surface area contributed by atoms with Crippen molar-refractivity contribution in [2.24, 2.45) is 0 Å². The number of amides is 1. The number of carbonyl (C=O) groups excluding carboxylic acids is 1. The van der Waals surface area contributed by atoms with Gasteiger partial charge in [0.05, 0.1) is 13.7 Å². The number of carbonyl (C=O) groups is 1. The summed E-state index contributed by atoms with van der Waals surface area (Å²) in [5.74, 6) is 0.123. The van der Waals surface area contributed by atoms with Gasteiger partial charge < -0.3 is 10.1 Å². The summed E-state index contributed by atoms with van der Waals surface area (Å²) < 4.78 is 41.5. The van der Waals surface area contributed by atoms with Gasteiger partial charge >= 0.3 is 6.18 Å². The monoisotopic (exact) mass is 316 g/mol. The Bertz CT molecular complexity index is 520. The molecule has 1 aliphatic rings. The normalized spacial score (nSPS) is 19.2. The molecule has 0 aliphatic carbocycles. The average Bonchev–Trinajstić information content (AvgIpc) is 2.92. The molecule has 7 heteroatoms. The summed E-state index contributed by atoms with van der Waals surface area (Å²) >= 11 is 0. The second-order valence-corrected chi connectivity index (χ2v) is 5.30. The van der Waals surface area contributed by atoms with Crippen molar-refractivity contribution in [3.8, 4) is 5.75 Å². The molecule has 122 valence electrons. The molecule has 1 aliphatic heterocycles. The SMILES string of the molecule is COc1cccc(C2CCCN2CC(=O)NCC(F)(F)F)c1. The molecule has 1 heterocycles. The predicted octanol–water partition coefficient (Wildman–Crippen LogP) is 2.51. The fourth-order valence-electron chi connectivity index (χ4n) is 2.68. The minimum Gasteiger partial charge on any atom is -0.497 e. The van der Waals surface area contributed by atoms with Gasteiger partial charge in [0.2, 0.25) is 5.91 Å². The highest BCUT2D eigenvalue weighted by Gasteiger charge is 2.30. The third kappa shape index (κ3) is 4.62. The van der Waals surface area contributed by atoms with E-state index < -0.39 is 18.6 Å². The van der Waals surface area contributed by atoms with E-state index >= 15 is 0 Å². The summed E-state index contributed by atoms with van der Waals surface area (Å²) in [5.41, 5.74) is 1.01. The maximum atomic E-state index is 12.1. The highest BCUT2D eigenvalue weighted by Crippen LogP contribution is 2.33. The number of alkyl halides is 3. The lowest BCUT2D eigenvalue weighted by molar-refractivity contribution is -0.139. The molecule has 0 radical (unpaired) electrons. The van der Waals surface area contributed by atoms with E-state index in [4.69, 9.17) is 4.74 Å². The Kier molecular flexibility index (Phi) is 5.28. The number of hydrogen-bond donors (Lipinski definition) is 1. The summed E-state index contributed by atoms with van der Waals surface area (Å²) in [6.45, 7) is -0.622. The number of methoxy groups -OCH3 is 1. The van der Waals surface area contributed by atoms with Crippen molar-refractivity contribution in [1.29, 1.82) is 0 Å². The van der Waals surface area contributed by atoms with Crippen molar-refractivity contribution >= 4 is 5.91 Å². The van der Waals surface area contributed by atoms with Crippen LogP contribution in [0.4, 0.5) is 13.2 Å². The molecule has 2 rings (SSSR count). The highest BCUT2D eigenvalue weighted by atomic mass is 19.4. The van der Waals surface area contributed by atoms with Gasteiger partial charge in [0.1, 0.15) is 12.3 Å². The topological polar surface area (TPSA) is 41.6 Å². The van der Waals surface area contributed by atoms with Crippen molar-refractivity contribution < 1.29 is 22.7 Å². The molecule has 4 nitrogen and oxygen atoms in total. The first-order valence-electron chi connectivity index (χ1n) is 7.10. The number of halogens is 3. The molecule has 1 aromatic carbocycles. The molecule has 1 N–H and O–H groups in total. The van der Waals surface area contributed by atoms with Crippen molar-refractivity contribution in [1.82, 2.24) is 10.2 Å². The van der Waals surface area contributed by atoms with Gasteiger partial charge in [-0.2, -0.15) is 13.2 Å². The molecule has 0 aromatic heterocycles. The van der Waals surface area contributed by atoms with Crippen LogP contribution in [-0.2, 0) is 4.79 Å². The summed E-state index contributed by atoms with van der Waals surface area (Å²) in [7, 11) is 1.58. The maximum Gasteiger partial charge on any atom is 0.405 e. The molecule has 1 atom stereocenters. The molecule has 1 unspecified atom stereocenters. The lowest BCUT2D eigenvalue weighted by Crippen LogP contribution is -2.40. The Balaban J connectivity index is 1.97. The van der Waals surface area contributed by atoms with E-state index in [2.05, 4.69) is 0 Å². The van der Waals surface area contributed by atoms with Gasteiger partial charge in [0.15, 0.2) is 0 Å². The summed E-state index contributed by atoms with van der Waals surface area (Å²) in [4.78, 5) is 13.6. The van der Waals surface area contributed by atoms with Crippen molar-refractivity contribution in [2.75, 3.05) is 26.7 Å². The van der Waals surface area contributed by atoms with E-state index in [-0.39, 0.29) is 12.6 Å². The molecular formula is C15H19F3N2O2. The first kappa shape index (κ1) is 16.6. The Morgan fingerprint density at radius 1 is 1.45 bits per heavy atom. The number of likely N-dealkylation sites (tertiary alicyclic amines) is 1. The Morgan fingerprint density at radius 2 is 2.23 bits per heavy atom. The van der Waals surface area contributed by atoms with Gasteiger partial charge in [0.25, 0.3) is 0 Å². The minimum absolute atomic E-state index is 0.0298. The molecular weight excluding hydrogens is 297 g/mol. The second kappa shape index (κ2) is 7.00. The lowest BCUT2D eigenvalue weighted by atomic mass is 10.0. The fourth-order valence-corrected chi connectivity index (χ4v) is 2.68. The largest absolute Gasteiger partial charge is 0.497 e. The van der Waals surface area contributed by atoms with Crippen LogP contribution in [0.15, 0.2) is 24.3 Å². The van der Waals surface area contributed by atoms with Crippen molar-refractivity contribution in [3.63, 3.8) is 0 Å². The number of nitrogens with zero attached hydrogens (tertiary/aromatic N) is 1. The molecule has 0 bridgehead atoms. The maximum absolute atomic E-state index is 12.1. The zero-order valence-electron chi connectivity index (χ0n) is 12.3. The molecule has 1 amide bonds. The second-order valence-electron chi connectivity index (χ2n) is 5.30. The Labute approximate surface area is 127 Å². The zero-order valence-corrected chi connectivity index (χ0v) is 12.3. The van der Waals surface area contributed by atoms with E-state index in [1.807, 2.05) is 34.5 Å². The fraction of sp³-hybridized carbons (Fsp3) is 0.533. The first-order chi connectivity index (χ1) is 10.4. The van der Waals surface area contributed by atoms with E-state index in [1.54, 1.807) is 7.11 Å². The number of rotatable bonds is 5. The number of ether oxygens (including phenoxy) is 1. The standard InChI is InChI=1S/C15H19F3N2O2/c1-22-12-5-2-4-11(8-12)13-6-3-7-20(13)9-14(21)19-10-15(16,17)18/h2,4-5,8,13H,3,6-7,9-10H2,1H3,(H,19,21). The minimum atomic E-state index is -4.38. The highest BCUT2D eigenvalue weighted by molar-refractivity contribution is 5.78. The molecule has 0 saturated carbocycles. The Morgan fingerprint density at radius 3 is 2.91 bits per heavy atom. The summed E-state index contributed by atoms with van der Waals surface area (Å²) in [5, 5.41) is 1.91. The summed E-state index contributed by atoms with van der Waals surface area (Å²) in [6, 6.07) is 7.58. The van der Waals surface area contributed by atoms with E-state index in [0.29, 0.717) is 6.54 Å². The third-order valence-electron chi connectivity index (χ3n) is 3.67. The quantitative estimate of drug-likeness (QED) is 0.907. The van der Waals surface area contributed by atoms with Crippen molar-refractivity contribution in [3.05, 3.63) is 29.8 Å². The van der Waals surface area contributed by atoms with Gasteiger partial charge in [-0.15, -0.1) is 0 Å². The van der Waals surface area contributed by atoms with Crippen LogP contribution >= 0.6 is 0 Å². The van der Waals surface area contributed by atoms with Crippen molar-refractivity contribution in [2.45, 2.75) is 25.1 Å². The van der Waals surface area contributed by atoms with Crippen LogP contribution in [0.5, 0.6) is 5.75 Å². The zero-order chi connectivity index (χ0) is 16.2. The Hall–Kier alpha value is -1.76. The van der Waals surface area contributed by atoms with Crippen LogP contribution in [0.3, 0.4) is 0 Å². The molecule has 1 aromatic rings. The molecule has 1 fully saturated rings.